The van der Waals surface area contributed by atoms with Crippen molar-refractivity contribution in [2.45, 2.75) is 44.2 Å². The van der Waals surface area contributed by atoms with Crippen molar-refractivity contribution in [1.29, 1.82) is 0 Å². The highest BCUT2D eigenvalue weighted by atomic mass is 16.2. The standard InChI is InChI=1S/C17H22N6O/c24-17(14-6-7-16(21-20-14)22-9-1-2-10-22)19-13-4-3-5-15(13)23-11-8-18-12-23/h6-8,11-13,15H,1-5,9-10H2,(H,19,24)/t13-,15+/m1/s1. The molecule has 1 saturated carbocycles. The lowest BCUT2D eigenvalue weighted by atomic mass is 10.1. The van der Waals surface area contributed by atoms with E-state index in [-0.39, 0.29) is 18.0 Å². The smallest absolute Gasteiger partial charge is 0.272 e. The molecule has 24 heavy (non-hydrogen) atoms. The van der Waals surface area contributed by atoms with Crippen molar-refractivity contribution in [2.24, 2.45) is 0 Å². The number of carbonyl (C=O) groups is 1. The first-order valence-corrected chi connectivity index (χ1v) is 8.68. The van der Waals surface area contributed by atoms with E-state index in [1.807, 2.05) is 18.6 Å². The van der Waals surface area contributed by atoms with Crippen LogP contribution in [-0.2, 0) is 0 Å². The number of amides is 1. The van der Waals surface area contributed by atoms with Gasteiger partial charge in [-0.3, -0.25) is 4.79 Å². The van der Waals surface area contributed by atoms with Crippen molar-refractivity contribution in [2.75, 3.05) is 18.0 Å². The van der Waals surface area contributed by atoms with Crippen LogP contribution >= 0.6 is 0 Å². The molecule has 0 radical (unpaired) electrons. The zero-order valence-corrected chi connectivity index (χ0v) is 13.6. The van der Waals surface area contributed by atoms with Crippen LogP contribution in [0.4, 0.5) is 5.82 Å². The summed E-state index contributed by atoms with van der Waals surface area (Å²) in [5.74, 6) is 0.716. The van der Waals surface area contributed by atoms with Gasteiger partial charge in [-0.1, -0.05) is 0 Å². The van der Waals surface area contributed by atoms with Crippen molar-refractivity contribution in [3.63, 3.8) is 0 Å². The zero-order valence-electron chi connectivity index (χ0n) is 13.6. The Morgan fingerprint density at radius 2 is 2.00 bits per heavy atom. The minimum Gasteiger partial charge on any atom is -0.355 e. The normalized spacial score (nSPS) is 23.6. The number of anilines is 1. The molecule has 0 unspecified atom stereocenters. The molecule has 4 rings (SSSR count). The summed E-state index contributed by atoms with van der Waals surface area (Å²) in [5, 5.41) is 11.5. The molecule has 2 aromatic heterocycles. The summed E-state index contributed by atoms with van der Waals surface area (Å²) >= 11 is 0. The second kappa shape index (κ2) is 6.59. The molecule has 126 valence electrons. The molecule has 2 fully saturated rings. The SMILES string of the molecule is O=C(N[C@@H]1CCC[C@@H]1n1ccnc1)c1ccc(N2CCCC2)nn1. The minimum atomic E-state index is -0.146. The fourth-order valence-electron chi connectivity index (χ4n) is 3.73. The average molecular weight is 326 g/mol. The van der Waals surface area contributed by atoms with Gasteiger partial charge in [0.25, 0.3) is 5.91 Å². The lowest BCUT2D eigenvalue weighted by Gasteiger charge is -2.22. The number of aromatic nitrogens is 4. The number of nitrogens with zero attached hydrogens (tertiary/aromatic N) is 5. The molecule has 1 N–H and O–H groups in total. The fraction of sp³-hybridized carbons (Fsp3) is 0.529. The predicted octanol–water partition coefficient (Wildman–Crippen LogP) is 1.80. The fourth-order valence-corrected chi connectivity index (χ4v) is 3.73. The Morgan fingerprint density at radius 3 is 2.71 bits per heavy atom. The Balaban J connectivity index is 1.42. The van der Waals surface area contributed by atoms with Gasteiger partial charge in [-0.15, -0.1) is 10.2 Å². The van der Waals surface area contributed by atoms with E-state index in [2.05, 4.69) is 30.0 Å². The van der Waals surface area contributed by atoms with Crippen LogP contribution in [0.1, 0.15) is 48.6 Å². The first kappa shape index (κ1) is 15.1. The van der Waals surface area contributed by atoms with E-state index in [1.165, 1.54) is 12.8 Å². The summed E-state index contributed by atoms with van der Waals surface area (Å²) in [6.07, 6.45) is 11.1. The van der Waals surface area contributed by atoms with Gasteiger partial charge in [-0.05, 0) is 44.2 Å². The molecule has 0 bridgehead atoms. The summed E-state index contributed by atoms with van der Waals surface area (Å²) in [7, 11) is 0. The van der Waals surface area contributed by atoms with Gasteiger partial charge in [-0.2, -0.15) is 0 Å². The Bertz CT molecular complexity index is 678. The van der Waals surface area contributed by atoms with Crippen molar-refractivity contribution in [1.82, 2.24) is 25.1 Å². The first-order valence-electron chi connectivity index (χ1n) is 8.68. The first-order chi connectivity index (χ1) is 11.8. The van der Waals surface area contributed by atoms with Crippen molar-refractivity contribution in [3.05, 3.63) is 36.5 Å². The van der Waals surface area contributed by atoms with Crippen LogP contribution < -0.4 is 10.2 Å². The van der Waals surface area contributed by atoms with Crippen LogP contribution in [0.5, 0.6) is 0 Å². The van der Waals surface area contributed by atoms with Gasteiger partial charge in [0.1, 0.15) is 0 Å². The second-order valence-corrected chi connectivity index (χ2v) is 6.56. The Labute approximate surface area is 141 Å². The van der Waals surface area contributed by atoms with Crippen LogP contribution in [0.25, 0.3) is 0 Å². The Kier molecular flexibility index (Phi) is 4.15. The van der Waals surface area contributed by atoms with E-state index < -0.39 is 0 Å². The highest BCUT2D eigenvalue weighted by Crippen LogP contribution is 2.30. The van der Waals surface area contributed by atoms with Crippen molar-refractivity contribution >= 4 is 11.7 Å². The topological polar surface area (TPSA) is 75.9 Å². The number of rotatable bonds is 4. The third kappa shape index (κ3) is 2.98. The van der Waals surface area contributed by atoms with E-state index in [1.54, 1.807) is 12.3 Å². The van der Waals surface area contributed by atoms with Gasteiger partial charge in [0, 0.05) is 31.5 Å². The quantitative estimate of drug-likeness (QED) is 0.927. The van der Waals surface area contributed by atoms with Gasteiger partial charge < -0.3 is 14.8 Å². The monoisotopic (exact) mass is 326 g/mol. The van der Waals surface area contributed by atoms with E-state index in [0.29, 0.717) is 5.69 Å². The summed E-state index contributed by atoms with van der Waals surface area (Å²) in [6.45, 7) is 2.05. The summed E-state index contributed by atoms with van der Waals surface area (Å²) in [4.78, 5) is 18.8. The maximum atomic E-state index is 12.5. The molecule has 0 spiro atoms. The number of nitrogens with one attached hydrogen (secondary N) is 1. The van der Waals surface area contributed by atoms with Crippen molar-refractivity contribution < 1.29 is 4.79 Å². The summed E-state index contributed by atoms with van der Waals surface area (Å²) in [5.41, 5.74) is 0.384. The molecule has 2 atom stereocenters. The summed E-state index contributed by atoms with van der Waals surface area (Å²) < 4.78 is 2.08. The van der Waals surface area contributed by atoms with Crippen LogP contribution in [0.2, 0.25) is 0 Å². The van der Waals surface area contributed by atoms with E-state index >= 15 is 0 Å². The molecule has 1 aliphatic carbocycles. The lowest BCUT2D eigenvalue weighted by Crippen LogP contribution is -2.38. The van der Waals surface area contributed by atoms with Gasteiger partial charge in [-0.25, -0.2) is 4.98 Å². The van der Waals surface area contributed by atoms with E-state index in [9.17, 15) is 4.79 Å². The Hall–Kier alpha value is -2.44. The molecule has 2 aliphatic rings. The van der Waals surface area contributed by atoms with Crippen LogP contribution in [0, 0.1) is 0 Å². The van der Waals surface area contributed by atoms with E-state index in [4.69, 9.17) is 0 Å². The zero-order chi connectivity index (χ0) is 16.4. The lowest BCUT2D eigenvalue weighted by molar-refractivity contribution is 0.0922. The highest BCUT2D eigenvalue weighted by molar-refractivity contribution is 5.92. The largest absolute Gasteiger partial charge is 0.355 e. The molecule has 0 aromatic carbocycles. The maximum Gasteiger partial charge on any atom is 0.272 e. The summed E-state index contributed by atoms with van der Waals surface area (Å²) in [6, 6.07) is 4.06. The maximum absolute atomic E-state index is 12.5. The molecule has 1 amide bonds. The number of imidazole rings is 1. The van der Waals surface area contributed by atoms with Crippen LogP contribution in [0.15, 0.2) is 30.9 Å². The second-order valence-electron chi connectivity index (χ2n) is 6.56. The van der Waals surface area contributed by atoms with Gasteiger partial charge in [0.05, 0.1) is 12.4 Å². The van der Waals surface area contributed by atoms with E-state index in [0.717, 1.165) is 38.2 Å². The third-order valence-electron chi connectivity index (χ3n) is 5.02. The number of hydrogen-bond acceptors (Lipinski definition) is 5. The van der Waals surface area contributed by atoms with Gasteiger partial charge >= 0.3 is 0 Å². The molecular formula is C17H22N6O. The highest BCUT2D eigenvalue weighted by Gasteiger charge is 2.30. The Morgan fingerprint density at radius 1 is 1.12 bits per heavy atom. The minimum absolute atomic E-state index is 0.117. The molecule has 3 heterocycles. The molecule has 7 nitrogen and oxygen atoms in total. The molecule has 7 heteroatoms. The molecule has 2 aromatic rings. The van der Waals surface area contributed by atoms with Crippen LogP contribution in [-0.4, -0.2) is 44.8 Å². The number of carbonyl (C=O) groups excluding carboxylic acids is 1. The third-order valence-corrected chi connectivity index (χ3v) is 5.02. The predicted molar refractivity (Wildman–Crippen MR) is 89.8 cm³/mol. The van der Waals surface area contributed by atoms with Crippen LogP contribution in [0.3, 0.4) is 0 Å². The average Bonchev–Trinajstić information content (AvgIpc) is 3.36. The molecular weight excluding hydrogens is 304 g/mol. The molecule has 1 aliphatic heterocycles. The molecule has 1 saturated heterocycles. The van der Waals surface area contributed by atoms with Gasteiger partial charge in [0.15, 0.2) is 11.5 Å². The van der Waals surface area contributed by atoms with Gasteiger partial charge in [0.2, 0.25) is 0 Å². The van der Waals surface area contributed by atoms with Crippen molar-refractivity contribution in [3.8, 4) is 0 Å². The number of hydrogen-bond donors (Lipinski definition) is 1.